The number of hydrogen-bond acceptors (Lipinski definition) is 8. The van der Waals surface area contributed by atoms with E-state index < -0.39 is 17.7 Å². The molecule has 0 bridgehead atoms. The van der Waals surface area contributed by atoms with Gasteiger partial charge in [0.2, 0.25) is 6.54 Å². The number of rotatable bonds is 14. The van der Waals surface area contributed by atoms with Gasteiger partial charge in [0.15, 0.2) is 11.6 Å². The Morgan fingerprint density at radius 1 is 0.740 bits per heavy atom. The first-order valence-electron chi connectivity index (χ1n) is 15.7. The number of amides is 2. The first-order chi connectivity index (χ1) is 23.9. The number of nitrogens with one attached hydrogen (secondary N) is 2. The monoisotopic (exact) mass is 674 g/mol. The summed E-state index contributed by atoms with van der Waals surface area (Å²) in [5, 5.41) is 5.66. The van der Waals surface area contributed by atoms with E-state index in [-0.39, 0.29) is 36.7 Å². The number of nitrogens with two attached hydrogens (primary N) is 1. The first kappa shape index (κ1) is 36.6. The van der Waals surface area contributed by atoms with Crippen molar-refractivity contribution in [2.45, 2.75) is 33.6 Å². The Morgan fingerprint density at radius 3 is 1.80 bits per heavy atom. The molecule has 0 fully saturated rings. The number of anilines is 3. The van der Waals surface area contributed by atoms with E-state index in [0.29, 0.717) is 67.5 Å². The van der Waals surface area contributed by atoms with Crippen LogP contribution in [0.2, 0.25) is 0 Å². The fraction of sp³-hybridized carbons (Fsp3) is 0.231. The number of carbonyl (C=O) groups excluding carboxylic acids is 5. The Balaban J connectivity index is 1.44. The second kappa shape index (κ2) is 16.2. The van der Waals surface area contributed by atoms with Crippen molar-refractivity contribution in [3.05, 3.63) is 123 Å². The quantitative estimate of drug-likeness (QED) is 0.0774. The molecule has 4 N–H and O–H groups in total. The molecule has 4 aromatic carbocycles. The Kier molecular flexibility index (Phi) is 11.9. The van der Waals surface area contributed by atoms with E-state index in [9.17, 15) is 24.0 Å². The zero-order valence-corrected chi connectivity index (χ0v) is 28.5. The van der Waals surface area contributed by atoms with Crippen molar-refractivity contribution in [1.29, 1.82) is 0 Å². The Hall–Kier alpha value is -6.28. The summed E-state index contributed by atoms with van der Waals surface area (Å²) in [6, 6.07) is 19.3. The van der Waals surface area contributed by atoms with Crippen LogP contribution < -0.4 is 25.8 Å². The molecule has 0 aliphatic carbocycles. The van der Waals surface area contributed by atoms with Crippen LogP contribution in [-0.2, 0) is 11.2 Å². The number of benzene rings is 4. The summed E-state index contributed by atoms with van der Waals surface area (Å²) < 4.78 is 11.1. The average molecular weight is 675 g/mol. The van der Waals surface area contributed by atoms with Crippen molar-refractivity contribution >= 4 is 46.2 Å². The third-order valence-electron chi connectivity index (χ3n) is 8.37. The van der Waals surface area contributed by atoms with Gasteiger partial charge in [-0.25, -0.2) is 6.57 Å². The van der Waals surface area contributed by atoms with E-state index in [1.165, 1.54) is 21.1 Å². The van der Waals surface area contributed by atoms with Crippen molar-refractivity contribution in [2.24, 2.45) is 5.92 Å². The molecule has 0 heterocycles. The molecule has 0 unspecified atom stereocenters. The lowest BCUT2D eigenvalue weighted by Crippen LogP contribution is -2.23. The van der Waals surface area contributed by atoms with Crippen LogP contribution in [0.5, 0.6) is 11.5 Å². The SMILES string of the molecule is [C-]#[N+]C[C@H](CC(=O)c1ccc(N)cc1)C(=O)Cc1ccc(C(=O)Nc2ccc(C(=O)Nc3ccc(C(C)=O)c(C)c3OC)c(C)c2OC)cc1. The van der Waals surface area contributed by atoms with Crippen molar-refractivity contribution in [3.63, 3.8) is 0 Å². The molecule has 0 saturated carbocycles. The molecule has 0 saturated heterocycles. The molecule has 50 heavy (non-hydrogen) atoms. The first-order valence-corrected chi connectivity index (χ1v) is 15.7. The van der Waals surface area contributed by atoms with E-state index in [1.54, 1.807) is 86.6 Å². The highest BCUT2D eigenvalue weighted by Gasteiger charge is 2.26. The minimum absolute atomic E-state index is 0.0000374. The molecule has 256 valence electrons. The molecule has 4 rings (SSSR count). The molecule has 11 heteroatoms. The molecule has 2 amide bonds. The number of Topliss-reactive ketones (excluding diaryl/α,β-unsaturated/α-hetero) is 3. The summed E-state index contributed by atoms with van der Waals surface area (Å²) in [6.07, 6.45) is -0.0879. The van der Waals surface area contributed by atoms with Crippen LogP contribution in [0, 0.1) is 26.3 Å². The number of nitrogens with zero attached hydrogens (tertiary/aromatic N) is 1. The van der Waals surface area contributed by atoms with Crippen LogP contribution in [0.4, 0.5) is 17.1 Å². The summed E-state index contributed by atoms with van der Waals surface area (Å²) >= 11 is 0. The average Bonchev–Trinajstić information content (AvgIpc) is 3.08. The lowest BCUT2D eigenvalue weighted by Gasteiger charge is -2.18. The molecule has 0 aromatic heterocycles. The second-order valence-corrected chi connectivity index (χ2v) is 11.7. The van der Waals surface area contributed by atoms with Crippen molar-refractivity contribution in [3.8, 4) is 11.5 Å². The van der Waals surface area contributed by atoms with Gasteiger partial charge in [0.05, 0.1) is 31.5 Å². The maximum Gasteiger partial charge on any atom is 0.256 e. The second-order valence-electron chi connectivity index (χ2n) is 11.7. The topological polar surface area (TPSA) is 158 Å². The van der Waals surface area contributed by atoms with Gasteiger partial charge in [-0.1, -0.05) is 12.1 Å². The van der Waals surface area contributed by atoms with E-state index in [1.807, 2.05) is 0 Å². The summed E-state index contributed by atoms with van der Waals surface area (Å²) in [4.78, 5) is 67.7. The van der Waals surface area contributed by atoms with E-state index in [0.717, 1.165) is 0 Å². The smallest absolute Gasteiger partial charge is 0.256 e. The minimum atomic E-state index is -0.764. The van der Waals surface area contributed by atoms with Gasteiger partial charge in [-0.3, -0.25) is 24.0 Å². The lowest BCUT2D eigenvalue weighted by atomic mass is 9.91. The molecule has 1 atom stereocenters. The highest BCUT2D eigenvalue weighted by atomic mass is 16.5. The van der Waals surface area contributed by atoms with Crippen molar-refractivity contribution in [2.75, 3.05) is 37.1 Å². The van der Waals surface area contributed by atoms with Gasteiger partial charge in [0.1, 0.15) is 17.3 Å². The van der Waals surface area contributed by atoms with E-state index in [4.69, 9.17) is 21.8 Å². The number of carbonyl (C=O) groups is 5. The molecule has 0 aliphatic heterocycles. The maximum atomic E-state index is 13.3. The zero-order chi connectivity index (χ0) is 36.5. The fourth-order valence-corrected chi connectivity index (χ4v) is 5.64. The van der Waals surface area contributed by atoms with Crippen LogP contribution in [0.3, 0.4) is 0 Å². The summed E-state index contributed by atoms with van der Waals surface area (Å²) in [7, 11) is 2.89. The molecule has 0 aliphatic rings. The molecule has 11 nitrogen and oxygen atoms in total. The molecule has 0 radical (unpaired) electrons. The molecular formula is C39H38N4O7. The van der Waals surface area contributed by atoms with Crippen molar-refractivity contribution in [1.82, 2.24) is 0 Å². The highest BCUT2D eigenvalue weighted by molar-refractivity contribution is 6.09. The Bertz CT molecular complexity index is 2000. The Morgan fingerprint density at radius 2 is 1.26 bits per heavy atom. The van der Waals surface area contributed by atoms with Gasteiger partial charge < -0.3 is 30.7 Å². The van der Waals surface area contributed by atoms with Gasteiger partial charge in [0, 0.05) is 51.9 Å². The maximum absolute atomic E-state index is 13.3. The predicted molar refractivity (Wildman–Crippen MR) is 191 cm³/mol. The largest absolute Gasteiger partial charge is 0.494 e. The minimum Gasteiger partial charge on any atom is -0.494 e. The summed E-state index contributed by atoms with van der Waals surface area (Å²) in [5.41, 5.74) is 10.2. The summed E-state index contributed by atoms with van der Waals surface area (Å²) in [6.45, 7) is 12.1. The van der Waals surface area contributed by atoms with Crippen LogP contribution in [-0.4, -0.2) is 49.9 Å². The van der Waals surface area contributed by atoms with E-state index in [2.05, 4.69) is 15.5 Å². The standard InChI is InChI=1S/C39H38N4O7/c1-22-30(24(3)44)15-17-33(36(22)49-5)43-39(48)31-16-18-32(37(50-6)23(31)2)42-38(47)27-9-7-25(8-10-27)19-34(45)28(21-41-4)20-35(46)26-11-13-29(40)14-12-26/h7-18,28H,19-21,40H2,1-3,5-6H3,(H,42,47)(H,43,48)/t28-/m0/s1. The zero-order valence-electron chi connectivity index (χ0n) is 28.5. The van der Waals surface area contributed by atoms with Gasteiger partial charge in [-0.2, -0.15) is 0 Å². The molecule has 4 aromatic rings. The van der Waals surface area contributed by atoms with Gasteiger partial charge in [-0.05, 0) is 87.0 Å². The van der Waals surface area contributed by atoms with Crippen LogP contribution >= 0.6 is 0 Å². The molecule has 0 spiro atoms. The predicted octanol–water partition coefficient (Wildman–Crippen LogP) is 6.53. The van der Waals surface area contributed by atoms with Gasteiger partial charge in [-0.15, -0.1) is 0 Å². The molecular weight excluding hydrogens is 636 g/mol. The highest BCUT2D eigenvalue weighted by Crippen LogP contribution is 2.34. The third-order valence-corrected chi connectivity index (χ3v) is 8.37. The fourth-order valence-electron chi connectivity index (χ4n) is 5.64. The normalized spacial score (nSPS) is 11.1. The van der Waals surface area contributed by atoms with Crippen LogP contribution in [0.15, 0.2) is 72.8 Å². The lowest BCUT2D eigenvalue weighted by molar-refractivity contribution is -0.121. The number of methoxy groups -OCH3 is 2. The number of nitrogen functional groups attached to an aromatic ring is 1. The Labute approximate surface area is 290 Å². The summed E-state index contributed by atoms with van der Waals surface area (Å²) in [5.74, 6) is -1.58. The third kappa shape index (κ3) is 8.41. The number of ether oxygens (including phenoxy) is 2. The number of ketones is 3. The van der Waals surface area contributed by atoms with Crippen LogP contribution in [0.1, 0.15) is 71.5 Å². The van der Waals surface area contributed by atoms with Gasteiger partial charge in [0.25, 0.3) is 11.8 Å². The number of hydrogen-bond donors (Lipinski definition) is 3. The van der Waals surface area contributed by atoms with E-state index >= 15 is 0 Å². The van der Waals surface area contributed by atoms with Gasteiger partial charge >= 0.3 is 0 Å². The van der Waals surface area contributed by atoms with Crippen LogP contribution in [0.25, 0.3) is 4.85 Å². The van der Waals surface area contributed by atoms with Crippen molar-refractivity contribution < 1.29 is 33.4 Å².